The van der Waals surface area contributed by atoms with Crippen molar-refractivity contribution >= 4 is 23.9 Å². The van der Waals surface area contributed by atoms with Crippen molar-refractivity contribution in [3.8, 4) is 0 Å². The van der Waals surface area contributed by atoms with Gasteiger partial charge in [-0.1, -0.05) is 0 Å². The summed E-state index contributed by atoms with van der Waals surface area (Å²) in [5, 5.41) is 69.3. The van der Waals surface area contributed by atoms with Crippen LogP contribution >= 0.6 is 0 Å². The summed E-state index contributed by atoms with van der Waals surface area (Å²) in [5.74, 6) is -6.47. The summed E-state index contributed by atoms with van der Waals surface area (Å²) in [6.45, 7) is -4.29. The zero-order valence-electron chi connectivity index (χ0n) is 27.4. The number of nitrogens with zero attached hydrogens (tertiary/aromatic N) is 2. The van der Waals surface area contributed by atoms with Gasteiger partial charge in [-0.2, -0.15) is 0 Å². The number of hydrogen-bond acceptors (Lipinski definition) is 18. The standard InChI is InChI=1S/C28H50N4O17/c1-44-11-15-17(9-33)48-20(14-46-12-16-18(10-34)47-19(13-45-2)25(29)27(16)42)26(28(15)43)30-49-24(41)8-32(7-23(39)40)4-3-31(5-21(35)36)6-22(37)38/h15-20,25-28,30,33-34,42-43H,3-14,29H2,1-2H3,(H,35,36)(H,37,38)(H,39,40)/t15-,16-,17?,18?,19+,20+,25-,26?,27?,28-/m1/s1. The molecule has 10 N–H and O–H groups in total. The molecule has 2 rings (SSSR count). The van der Waals surface area contributed by atoms with Crippen molar-refractivity contribution in [2.75, 3.05) is 93.1 Å². The summed E-state index contributed by atoms with van der Waals surface area (Å²) in [6, 6.07) is -2.01. The number of hydroxylamine groups is 1. The molecule has 21 nitrogen and oxygen atoms in total. The van der Waals surface area contributed by atoms with Crippen LogP contribution in [0, 0.1) is 11.8 Å². The van der Waals surface area contributed by atoms with Crippen LogP contribution in [-0.2, 0) is 47.7 Å². The Bertz CT molecular complexity index is 1030. The fourth-order valence-corrected chi connectivity index (χ4v) is 5.78. The van der Waals surface area contributed by atoms with Gasteiger partial charge < -0.3 is 70.0 Å². The summed E-state index contributed by atoms with van der Waals surface area (Å²) in [5.41, 5.74) is 8.56. The molecule has 0 aliphatic carbocycles. The Balaban J connectivity index is 2.11. The topological polar surface area (TPSA) is 310 Å². The molecule has 2 aliphatic heterocycles. The second-order valence-electron chi connectivity index (χ2n) is 11.8. The van der Waals surface area contributed by atoms with E-state index in [9.17, 15) is 44.7 Å². The number of carbonyl (C=O) groups excluding carboxylic acids is 1. The largest absolute Gasteiger partial charge is 0.480 e. The Hall–Kier alpha value is -2.64. The van der Waals surface area contributed by atoms with E-state index >= 15 is 0 Å². The lowest BCUT2D eigenvalue weighted by atomic mass is 9.85. The van der Waals surface area contributed by atoms with Gasteiger partial charge in [0.15, 0.2) is 0 Å². The van der Waals surface area contributed by atoms with E-state index in [1.165, 1.54) is 14.2 Å². The van der Waals surface area contributed by atoms with Gasteiger partial charge in [-0.05, 0) is 0 Å². The fourth-order valence-electron chi connectivity index (χ4n) is 5.78. The van der Waals surface area contributed by atoms with Gasteiger partial charge in [-0.25, -0.2) is 4.79 Å². The number of nitrogens with one attached hydrogen (secondary N) is 1. The van der Waals surface area contributed by atoms with Crippen LogP contribution in [0.1, 0.15) is 0 Å². The van der Waals surface area contributed by atoms with Gasteiger partial charge in [-0.15, -0.1) is 5.48 Å². The molecule has 0 bridgehead atoms. The van der Waals surface area contributed by atoms with Gasteiger partial charge in [0.2, 0.25) is 0 Å². The monoisotopic (exact) mass is 714 g/mol. The molecule has 0 aromatic carbocycles. The number of carbonyl (C=O) groups is 4. The SMILES string of the molecule is COC[C@@H]1OC(CO)[C@@H](COC[C@@H]2OC(CO)[C@@H](COC)[C@@H](O)C2NOC(=O)CN(CCN(CC(=O)O)CC(=O)O)CC(=O)O)C(O)[C@@H]1N. The number of aliphatic hydroxyl groups excluding tert-OH is 4. The van der Waals surface area contributed by atoms with E-state index in [1.54, 1.807) is 0 Å². The van der Waals surface area contributed by atoms with Gasteiger partial charge in [0.05, 0.1) is 108 Å². The average Bonchev–Trinajstić information content (AvgIpc) is 3.03. The molecule has 2 fully saturated rings. The summed E-state index contributed by atoms with van der Waals surface area (Å²) in [7, 11) is 2.82. The molecule has 2 heterocycles. The third kappa shape index (κ3) is 13.5. The lowest BCUT2D eigenvalue weighted by Crippen LogP contribution is -2.63. The highest BCUT2D eigenvalue weighted by atomic mass is 16.7. The lowest BCUT2D eigenvalue weighted by molar-refractivity contribution is -0.219. The van der Waals surface area contributed by atoms with Crippen LogP contribution in [0.4, 0.5) is 0 Å². The van der Waals surface area contributed by atoms with E-state index in [0.29, 0.717) is 0 Å². The number of aliphatic carboxylic acids is 3. The molecule has 0 saturated carbocycles. The molecule has 284 valence electrons. The minimum atomic E-state index is -1.33. The Morgan fingerprint density at radius 2 is 1.18 bits per heavy atom. The van der Waals surface area contributed by atoms with Crippen LogP contribution in [-0.4, -0.2) is 211 Å². The van der Waals surface area contributed by atoms with Gasteiger partial charge in [0.25, 0.3) is 0 Å². The van der Waals surface area contributed by atoms with E-state index in [1.807, 2.05) is 0 Å². The van der Waals surface area contributed by atoms with Crippen LogP contribution in [0.2, 0.25) is 0 Å². The Kier molecular flexibility index (Phi) is 18.7. The fraction of sp³-hybridized carbons (Fsp3) is 0.857. The molecule has 0 radical (unpaired) electrons. The van der Waals surface area contributed by atoms with Gasteiger partial charge in [-0.3, -0.25) is 24.2 Å². The highest BCUT2D eigenvalue weighted by molar-refractivity contribution is 5.74. The molecule has 2 saturated heterocycles. The Morgan fingerprint density at radius 3 is 1.67 bits per heavy atom. The zero-order valence-corrected chi connectivity index (χ0v) is 27.4. The molecule has 4 unspecified atom stereocenters. The first-order chi connectivity index (χ1) is 23.3. The van der Waals surface area contributed by atoms with Crippen LogP contribution in [0.25, 0.3) is 0 Å². The van der Waals surface area contributed by atoms with Crippen LogP contribution in [0.15, 0.2) is 0 Å². The maximum Gasteiger partial charge on any atom is 0.338 e. The molecule has 2 aliphatic rings. The highest BCUT2D eigenvalue weighted by Crippen LogP contribution is 2.29. The first-order valence-electron chi connectivity index (χ1n) is 15.5. The van der Waals surface area contributed by atoms with Crippen molar-refractivity contribution in [2.24, 2.45) is 17.6 Å². The molecule has 0 aromatic rings. The number of carboxylic acids is 3. The number of rotatable bonds is 23. The summed E-state index contributed by atoms with van der Waals surface area (Å²) in [6.07, 6.45) is -5.96. The number of ether oxygens (including phenoxy) is 5. The number of carboxylic acid groups (broad SMARTS) is 3. The molecule has 10 atom stereocenters. The minimum Gasteiger partial charge on any atom is -0.480 e. The first kappa shape index (κ1) is 42.5. The molecule has 0 aromatic heterocycles. The van der Waals surface area contributed by atoms with Crippen molar-refractivity contribution in [1.82, 2.24) is 15.3 Å². The minimum absolute atomic E-state index is 0.0496. The third-order valence-electron chi connectivity index (χ3n) is 8.24. The Labute approximate surface area is 282 Å². The van der Waals surface area contributed by atoms with E-state index in [4.69, 9.17) is 44.5 Å². The second kappa shape index (κ2) is 21.5. The first-order valence-corrected chi connectivity index (χ1v) is 15.5. The van der Waals surface area contributed by atoms with Crippen molar-refractivity contribution in [2.45, 2.75) is 48.7 Å². The normalized spacial score (nSPS) is 30.4. The summed E-state index contributed by atoms with van der Waals surface area (Å²) < 4.78 is 27.8. The van der Waals surface area contributed by atoms with E-state index in [0.717, 1.165) is 9.80 Å². The van der Waals surface area contributed by atoms with Crippen molar-refractivity contribution in [3.05, 3.63) is 0 Å². The highest BCUT2D eigenvalue weighted by Gasteiger charge is 2.47. The van der Waals surface area contributed by atoms with Crippen LogP contribution in [0.5, 0.6) is 0 Å². The van der Waals surface area contributed by atoms with Crippen LogP contribution in [0.3, 0.4) is 0 Å². The van der Waals surface area contributed by atoms with Crippen LogP contribution < -0.4 is 11.2 Å². The molecule has 0 spiro atoms. The van der Waals surface area contributed by atoms with E-state index in [-0.39, 0.29) is 39.5 Å². The predicted octanol–water partition coefficient (Wildman–Crippen LogP) is -5.63. The number of nitrogens with two attached hydrogens (primary N) is 1. The van der Waals surface area contributed by atoms with Gasteiger partial charge >= 0.3 is 23.9 Å². The molecular formula is C28H50N4O17. The van der Waals surface area contributed by atoms with Crippen molar-refractivity contribution < 1.29 is 83.4 Å². The average molecular weight is 715 g/mol. The molecule has 49 heavy (non-hydrogen) atoms. The summed E-state index contributed by atoms with van der Waals surface area (Å²) >= 11 is 0. The number of hydrogen-bond donors (Lipinski definition) is 9. The van der Waals surface area contributed by atoms with Gasteiger partial charge in [0.1, 0.15) is 6.10 Å². The second-order valence-corrected chi connectivity index (χ2v) is 11.8. The molecule has 0 amide bonds. The summed E-state index contributed by atoms with van der Waals surface area (Å²) in [4.78, 5) is 53.8. The van der Waals surface area contributed by atoms with E-state index in [2.05, 4.69) is 5.48 Å². The maximum absolute atomic E-state index is 12.8. The van der Waals surface area contributed by atoms with E-state index < -0.39 is 124 Å². The van der Waals surface area contributed by atoms with Gasteiger partial charge in [0, 0.05) is 39.1 Å². The Morgan fingerprint density at radius 1 is 0.694 bits per heavy atom. The number of methoxy groups -OCH3 is 2. The number of aliphatic hydroxyl groups is 4. The quantitative estimate of drug-likeness (QED) is 0.0446. The maximum atomic E-state index is 12.8. The third-order valence-corrected chi connectivity index (χ3v) is 8.24. The molecular weight excluding hydrogens is 664 g/mol. The van der Waals surface area contributed by atoms with Crippen molar-refractivity contribution in [1.29, 1.82) is 0 Å². The molecule has 21 heteroatoms. The predicted molar refractivity (Wildman–Crippen MR) is 162 cm³/mol. The lowest BCUT2D eigenvalue weighted by Gasteiger charge is -2.45. The smallest absolute Gasteiger partial charge is 0.338 e. The van der Waals surface area contributed by atoms with Crippen molar-refractivity contribution in [3.63, 3.8) is 0 Å². The zero-order chi connectivity index (χ0) is 36.7.